The molecule has 0 spiro atoms. The minimum Gasteiger partial charge on any atom is -0.344 e. The van der Waals surface area contributed by atoms with Gasteiger partial charge in [0.1, 0.15) is 6.10 Å². The average Bonchev–Trinajstić information content (AvgIpc) is 2.57. The Morgan fingerprint density at radius 2 is 1.56 bits per heavy atom. The van der Waals surface area contributed by atoms with Crippen LogP contribution in [-0.4, -0.2) is 18.0 Å². The zero-order chi connectivity index (χ0) is 13.2. The maximum absolute atomic E-state index is 5.61. The molecule has 1 unspecified atom stereocenters. The van der Waals surface area contributed by atoms with Crippen molar-refractivity contribution in [3.8, 4) is 0 Å². The van der Waals surface area contributed by atoms with Crippen molar-refractivity contribution in [3.05, 3.63) is 25.8 Å². The van der Waals surface area contributed by atoms with Crippen LogP contribution in [0.25, 0.3) is 0 Å². The van der Waals surface area contributed by atoms with Gasteiger partial charge >= 0.3 is 0 Å². The highest BCUT2D eigenvalue weighted by molar-refractivity contribution is 4.92. The fraction of sp³-hybridized carbons (Fsp3) is 0.714. The molecule has 0 aromatic rings. The van der Waals surface area contributed by atoms with Crippen LogP contribution in [-0.2, 0) is 9.47 Å². The summed E-state index contributed by atoms with van der Waals surface area (Å²) >= 11 is 0. The Hall–Kier alpha value is -0.600. The highest BCUT2D eigenvalue weighted by Crippen LogP contribution is 2.29. The molecule has 0 radical (unpaired) electrons. The first-order valence-corrected chi connectivity index (χ1v) is 5.98. The van der Waals surface area contributed by atoms with Gasteiger partial charge in [-0.15, -0.1) is 19.7 Å². The van der Waals surface area contributed by atoms with Gasteiger partial charge in [-0.3, -0.25) is 0 Å². The Labute approximate surface area is 101 Å². The number of ether oxygens (including phenoxy) is 2. The molecule has 0 aromatic carbocycles. The molecular weight excluding hydrogens is 200 g/mol. The molecule has 0 saturated carbocycles. The molecule has 2 heteroatoms. The molecule has 1 aliphatic heterocycles. The summed E-state index contributed by atoms with van der Waals surface area (Å²) in [5, 5.41) is 0. The third kappa shape index (κ3) is 6.81. The summed E-state index contributed by atoms with van der Waals surface area (Å²) in [7, 11) is 0. The Morgan fingerprint density at radius 3 is 1.81 bits per heavy atom. The highest BCUT2D eigenvalue weighted by Gasteiger charge is 2.38. The zero-order valence-corrected chi connectivity index (χ0v) is 11.6. The summed E-state index contributed by atoms with van der Waals surface area (Å²) in [6.07, 6.45) is 4.28. The monoisotopic (exact) mass is 228 g/mol. The van der Waals surface area contributed by atoms with E-state index in [1.807, 2.05) is 19.9 Å². The summed E-state index contributed by atoms with van der Waals surface area (Å²) in [4.78, 5) is 0. The van der Waals surface area contributed by atoms with Crippen molar-refractivity contribution < 1.29 is 9.47 Å². The molecule has 1 rings (SSSR count). The third-order valence-electron chi connectivity index (χ3n) is 1.86. The molecule has 0 aliphatic carbocycles. The van der Waals surface area contributed by atoms with Crippen molar-refractivity contribution in [2.24, 2.45) is 0 Å². The second-order valence-corrected chi connectivity index (χ2v) is 3.99. The van der Waals surface area contributed by atoms with Crippen LogP contribution in [0.3, 0.4) is 0 Å². The van der Waals surface area contributed by atoms with Crippen molar-refractivity contribution >= 4 is 0 Å². The van der Waals surface area contributed by atoms with E-state index < -0.39 is 5.79 Å². The van der Waals surface area contributed by atoms with Crippen LogP contribution in [0.4, 0.5) is 0 Å². The van der Waals surface area contributed by atoms with E-state index in [4.69, 9.17) is 9.47 Å². The van der Waals surface area contributed by atoms with Gasteiger partial charge in [0.25, 0.3) is 0 Å². The number of rotatable bonds is 2. The first kappa shape index (κ1) is 17.8. The van der Waals surface area contributed by atoms with E-state index in [0.29, 0.717) is 0 Å². The SMILES string of the molecule is C=C.C=C[C@@H]1OC(C)(C)OC1CC.CCC. The lowest BCUT2D eigenvalue weighted by atomic mass is 10.1. The largest absolute Gasteiger partial charge is 0.344 e. The average molecular weight is 228 g/mol. The Bertz CT molecular complexity index is 176. The molecule has 0 N–H and O–H groups in total. The minimum absolute atomic E-state index is 0.0648. The molecule has 16 heavy (non-hydrogen) atoms. The van der Waals surface area contributed by atoms with Crippen LogP contribution >= 0.6 is 0 Å². The van der Waals surface area contributed by atoms with Gasteiger partial charge in [-0.05, 0) is 20.3 Å². The molecule has 1 fully saturated rings. The topological polar surface area (TPSA) is 18.5 Å². The van der Waals surface area contributed by atoms with E-state index in [1.165, 1.54) is 6.42 Å². The van der Waals surface area contributed by atoms with Crippen molar-refractivity contribution in [2.45, 2.75) is 65.5 Å². The quantitative estimate of drug-likeness (QED) is 0.655. The standard InChI is InChI=1S/C9H16O2.C3H8.C2H4/c1-5-7-8(6-2)11-9(3,4)10-7;1-3-2;1-2/h5,7-8H,1,6H2,2-4H3;3H2,1-2H3;1-2H2/t7-,8?;;/m0../s1. The van der Waals surface area contributed by atoms with Gasteiger partial charge in [0.15, 0.2) is 5.79 Å². The van der Waals surface area contributed by atoms with Crippen molar-refractivity contribution in [3.63, 3.8) is 0 Å². The molecular formula is C14H28O2. The molecule has 0 amide bonds. The van der Waals surface area contributed by atoms with Crippen LogP contribution < -0.4 is 0 Å². The first-order chi connectivity index (χ1) is 7.50. The van der Waals surface area contributed by atoms with Gasteiger partial charge in [0.2, 0.25) is 0 Å². The molecule has 2 nitrogen and oxygen atoms in total. The fourth-order valence-corrected chi connectivity index (χ4v) is 1.38. The molecule has 0 aromatic heterocycles. The predicted octanol–water partition coefficient (Wildman–Crippen LogP) is 4.32. The summed E-state index contributed by atoms with van der Waals surface area (Å²) in [5.41, 5.74) is 0. The summed E-state index contributed by atoms with van der Waals surface area (Å²) in [6, 6.07) is 0. The molecule has 0 bridgehead atoms. The molecule has 96 valence electrons. The van der Waals surface area contributed by atoms with E-state index in [-0.39, 0.29) is 12.2 Å². The van der Waals surface area contributed by atoms with Crippen LogP contribution in [0.15, 0.2) is 25.8 Å². The van der Waals surface area contributed by atoms with Crippen LogP contribution in [0.1, 0.15) is 47.5 Å². The van der Waals surface area contributed by atoms with Crippen molar-refractivity contribution in [2.75, 3.05) is 0 Å². The van der Waals surface area contributed by atoms with Gasteiger partial charge in [-0.2, -0.15) is 0 Å². The third-order valence-corrected chi connectivity index (χ3v) is 1.86. The van der Waals surface area contributed by atoms with Gasteiger partial charge in [-0.1, -0.05) is 33.3 Å². The van der Waals surface area contributed by atoms with Gasteiger partial charge in [-0.25, -0.2) is 0 Å². The number of hydrogen-bond acceptors (Lipinski definition) is 2. The van der Waals surface area contributed by atoms with Gasteiger partial charge in [0, 0.05) is 0 Å². The lowest BCUT2D eigenvalue weighted by Crippen LogP contribution is -2.21. The van der Waals surface area contributed by atoms with Crippen LogP contribution in [0, 0.1) is 0 Å². The maximum atomic E-state index is 5.61. The fourth-order valence-electron chi connectivity index (χ4n) is 1.38. The zero-order valence-electron chi connectivity index (χ0n) is 11.6. The normalized spacial score (nSPS) is 25.8. The second kappa shape index (κ2) is 9.61. The Morgan fingerprint density at radius 1 is 1.12 bits per heavy atom. The first-order valence-electron chi connectivity index (χ1n) is 5.98. The van der Waals surface area contributed by atoms with Crippen LogP contribution in [0.5, 0.6) is 0 Å². The van der Waals surface area contributed by atoms with Crippen molar-refractivity contribution in [1.82, 2.24) is 0 Å². The Balaban J connectivity index is 0. The molecule has 1 heterocycles. The summed E-state index contributed by atoms with van der Waals surface area (Å²) < 4.78 is 11.2. The van der Waals surface area contributed by atoms with Crippen LogP contribution in [0.2, 0.25) is 0 Å². The lowest BCUT2D eigenvalue weighted by molar-refractivity contribution is -0.143. The summed E-state index contributed by atoms with van der Waals surface area (Å²) in [5.74, 6) is -0.431. The smallest absolute Gasteiger partial charge is 0.164 e. The molecule has 1 aliphatic rings. The lowest BCUT2D eigenvalue weighted by Gasteiger charge is -2.16. The summed E-state index contributed by atoms with van der Waals surface area (Å²) in [6.45, 7) is 19.9. The molecule has 1 saturated heterocycles. The number of hydrogen-bond donors (Lipinski definition) is 0. The van der Waals surface area contributed by atoms with E-state index in [0.717, 1.165) is 6.42 Å². The van der Waals surface area contributed by atoms with E-state index in [1.54, 1.807) is 0 Å². The maximum Gasteiger partial charge on any atom is 0.164 e. The minimum atomic E-state index is -0.431. The van der Waals surface area contributed by atoms with E-state index in [2.05, 4.69) is 40.5 Å². The van der Waals surface area contributed by atoms with E-state index in [9.17, 15) is 0 Å². The van der Waals surface area contributed by atoms with Crippen molar-refractivity contribution in [1.29, 1.82) is 0 Å². The highest BCUT2D eigenvalue weighted by atomic mass is 16.7. The van der Waals surface area contributed by atoms with E-state index >= 15 is 0 Å². The molecule has 2 atom stereocenters. The van der Waals surface area contributed by atoms with Gasteiger partial charge in [0.05, 0.1) is 6.10 Å². The second-order valence-electron chi connectivity index (χ2n) is 3.99. The Kier molecular flexibility index (Phi) is 10.7. The predicted molar refractivity (Wildman–Crippen MR) is 71.5 cm³/mol. The van der Waals surface area contributed by atoms with Gasteiger partial charge < -0.3 is 9.47 Å².